The number of nitrogens with one attached hydrogen (secondary N) is 1. The first-order chi connectivity index (χ1) is 20.5. The minimum absolute atomic E-state index is 0.0568. The number of imide groups is 1. The molecule has 4 aliphatic rings. The fraction of sp³-hybridized carbons (Fsp3) is 0.438. The van der Waals surface area contributed by atoms with E-state index >= 15 is 0 Å². The molecule has 3 fully saturated rings. The number of nitrogens with zero attached hydrogens (tertiary/aromatic N) is 3. The molecule has 10 heteroatoms. The molecule has 5 heterocycles. The van der Waals surface area contributed by atoms with Crippen molar-refractivity contribution in [3.63, 3.8) is 0 Å². The Kier molecular flexibility index (Phi) is 7.35. The number of hydrogen-bond acceptors (Lipinski definition) is 8. The molecule has 0 aliphatic carbocycles. The Bertz CT molecular complexity index is 1540. The SMILES string of the molecule is O=C1CCC(N2Cc3cc(O[C@H]4CCN(Cc5ccc6nc(CO[C@@H]7CCOC7)ccc6c5)C4)ccc3C2=O)C(=O)N1. The second-order valence-electron chi connectivity index (χ2n) is 11.6. The Hall–Kier alpha value is -3.86. The molecule has 3 atom stereocenters. The summed E-state index contributed by atoms with van der Waals surface area (Å²) in [6, 6.07) is 15.5. The van der Waals surface area contributed by atoms with Crippen LogP contribution in [0.1, 0.15) is 52.9 Å². The molecule has 3 aromatic rings. The standard InChI is InChI=1S/C32H34N4O6/c37-30-8-7-29(31(38)34-30)36-16-22-14-24(4-5-27(22)32(36)39)42-25-9-11-35(17-25)15-20-1-6-28-21(13-20)2-3-23(33-28)18-41-26-10-12-40-19-26/h1-6,13-14,25-26,29H,7-12,15-19H2,(H,34,37,38)/t25-,26+,29?/m0/s1. The van der Waals surface area contributed by atoms with Gasteiger partial charge in [0.2, 0.25) is 11.8 Å². The number of hydrogen-bond donors (Lipinski definition) is 1. The number of ether oxygens (including phenoxy) is 3. The predicted octanol–water partition coefficient (Wildman–Crippen LogP) is 2.95. The number of rotatable bonds is 8. The second kappa shape index (κ2) is 11.4. The van der Waals surface area contributed by atoms with E-state index < -0.39 is 11.9 Å². The van der Waals surface area contributed by atoms with Crippen molar-refractivity contribution in [2.24, 2.45) is 0 Å². The smallest absolute Gasteiger partial charge is 0.255 e. The molecule has 3 saturated heterocycles. The predicted molar refractivity (Wildman–Crippen MR) is 153 cm³/mol. The van der Waals surface area contributed by atoms with E-state index in [2.05, 4.69) is 34.5 Å². The largest absolute Gasteiger partial charge is 0.489 e. The molecule has 10 nitrogen and oxygen atoms in total. The molecule has 0 saturated carbocycles. The summed E-state index contributed by atoms with van der Waals surface area (Å²) in [5, 5.41) is 3.46. The van der Waals surface area contributed by atoms with Crippen LogP contribution in [0.2, 0.25) is 0 Å². The molecule has 0 spiro atoms. The topological polar surface area (TPSA) is 110 Å². The van der Waals surface area contributed by atoms with Gasteiger partial charge in [0.15, 0.2) is 0 Å². The fourth-order valence-corrected chi connectivity index (χ4v) is 6.36. The first-order valence-electron chi connectivity index (χ1n) is 14.7. The summed E-state index contributed by atoms with van der Waals surface area (Å²) in [6.07, 6.45) is 2.68. The van der Waals surface area contributed by atoms with Gasteiger partial charge in [-0.3, -0.25) is 29.6 Å². The van der Waals surface area contributed by atoms with Crippen LogP contribution in [0.15, 0.2) is 48.5 Å². The Labute approximate surface area is 243 Å². The van der Waals surface area contributed by atoms with Crippen LogP contribution in [0.4, 0.5) is 0 Å². The van der Waals surface area contributed by atoms with Crippen molar-refractivity contribution in [1.82, 2.24) is 20.1 Å². The van der Waals surface area contributed by atoms with E-state index in [9.17, 15) is 14.4 Å². The number of amides is 3. The minimum Gasteiger partial charge on any atom is -0.489 e. The highest BCUT2D eigenvalue weighted by Gasteiger charge is 2.39. The van der Waals surface area contributed by atoms with Crippen molar-refractivity contribution in [3.8, 4) is 5.75 Å². The number of likely N-dealkylation sites (tertiary alicyclic amines) is 1. The van der Waals surface area contributed by atoms with Gasteiger partial charge in [-0.2, -0.15) is 0 Å². The van der Waals surface area contributed by atoms with E-state index in [1.165, 1.54) is 5.56 Å². The van der Waals surface area contributed by atoms with Gasteiger partial charge in [-0.05, 0) is 66.8 Å². The lowest BCUT2D eigenvalue weighted by molar-refractivity contribution is -0.136. The maximum absolute atomic E-state index is 13.0. The first-order valence-corrected chi connectivity index (χ1v) is 14.7. The average Bonchev–Trinajstić information content (AvgIpc) is 3.73. The molecule has 1 aromatic heterocycles. The molecule has 42 heavy (non-hydrogen) atoms. The molecule has 4 aliphatic heterocycles. The molecular formula is C32H34N4O6. The lowest BCUT2D eigenvalue weighted by Gasteiger charge is -2.29. The van der Waals surface area contributed by atoms with E-state index in [0.29, 0.717) is 31.7 Å². The van der Waals surface area contributed by atoms with Gasteiger partial charge < -0.3 is 19.1 Å². The third kappa shape index (κ3) is 5.62. The highest BCUT2D eigenvalue weighted by Crippen LogP contribution is 2.31. The molecule has 1 N–H and O–H groups in total. The van der Waals surface area contributed by atoms with Crippen LogP contribution in [0.3, 0.4) is 0 Å². The van der Waals surface area contributed by atoms with Crippen molar-refractivity contribution < 1.29 is 28.6 Å². The van der Waals surface area contributed by atoms with Gasteiger partial charge in [-0.15, -0.1) is 0 Å². The fourth-order valence-electron chi connectivity index (χ4n) is 6.36. The summed E-state index contributed by atoms with van der Waals surface area (Å²) in [7, 11) is 0. The molecule has 218 valence electrons. The molecule has 0 bridgehead atoms. The lowest BCUT2D eigenvalue weighted by Crippen LogP contribution is -2.52. The Morgan fingerprint density at radius 2 is 1.93 bits per heavy atom. The van der Waals surface area contributed by atoms with Crippen molar-refractivity contribution in [3.05, 3.63) is 70.9 Å². The summed E-state index contributed by atoms with van der Waals surface area (Å²) in [5.74, 6) is -0.129. The summed E-state index contributed by atoms with van der Waals surface area (Å²) in [6.45, 7) is 4.87. The molecule has 0 radical (unpaired) electrons. The highest BCUT2D eigenvalue weighted by molar-refractivity contribution is 6.05. The van der Waals surface area contributed by atoms with Crippen LogP contribution in [0.5, 0.6) is 5.75 Å². The van der Waals surface area contributed by atoms with Crippen LogP contribution in [-0.2, 0) is 38.8 Å². The maximum atomic E-state index is 13.0. The molecule has 1 unspecified atom stereocenters. The number of benzene rings is 2. The number of carbonyl (C=O) groups is 3. The summed E-state index contributed by atoms with van der Waals surface area (Å²) >= 11 is 0. The van der Waals surface area contributed by atoms with Gasteiger partial charge in [-0.1, -0.05) is 12.1 Å². The Morgan fingerprint density at radius 1 is 1.00 bits per heavy atom. The zero-order valence-corrected chi connectivity index (χ0v) is 23.4. The molecule has 7 rings (SSSR count). The first kappa shape index (κ1) is 27.0. The zero-order chi connectivity index (χ0) is 28.6. The van der Waals surface area contributed by atoms with Gasteiger partial charge in [0.25, 0.3) is 5.91 Å². The molecule has 2 aromatic carbocycles. The molecular weight excluding hydrogens is 536 g/mol. The van der Waals surface area contributed by atoms with Crippen molar-refractivity contribution in [2.75, 3.05) is 26.3 Å². The van der Waals surface area contributed by atoms with Crippen LogP contribution in [0.25, 0.3) is 10.9 Å². The summed E-state index contributed by atoms with van der Waals surface area (Å²) in [5.41, 5.74) is 4.58. The Balaban J connectivity index is 0.935. The van der Waals surface area contributed by atoms with Gasteiger partial charge in [0.05, 0.1) is 30.5 Å². The van der Waals surface area contributed by atoms with Gasteiger partial charge in [0.1, 0.15) is 17.9 Å². The quantitative estimate of drug-likeness (QED) is 0.412. The van der Waals surface area contributed by atoms with Crippen LogP contribution >= 0.6 is 0 Å². The van der Waals surface area contributed by atoms with Gasteiger partial charge in [0, 0.05) is 50.2 Å². The van der Waals surface area contributed by atoms with Crippen LogP contribution in [-0.4, -0.2) is 77.1 Å². The number of aromatic nitrogens is 1. The van der Waals surface area contributed by atoms with E-state index in [4.69, 9.17) is 19.2 Å². The monoisotopic (exact) mass is 570 g/mol. The van der Waals surface area contributed by atoms with E-state index in [1.807, 2.05) is 18.2 Å². The third-order valence-corrected chi connectivity index (χ3v) is 8.60. The number of carbonyl (C=O) groups excluding carboxylic acids is 3. The van der Waals surface area contributed by atoms with Crippen molar-refractivity contribution in [1.29, 1.82) is 0 Å². The van der Waals surface area contributed by atoms with Crippen molar-refractivity contribution >= 4 is 28.6 Å². The highest BCUT2D eigenvalue weighted by atomic mass is 16.5. The summed E-state index contributed by atoms with van der Waals surface area (Å²) < 4.78 is 17.6. The normalized spacial score (nSPS) is 24.4. The average molecular weight is 571 g/mol. The third-order valence-electron chi connectivity index (χ3n) is 8.60. The maximum Gasteiger partial charge on any atom is 0.255 e. The second-order valence-corrected chi connectivity index (χ2v) is 11.6. The van der Waals surface area contributed by atoms with Crippen LogP contribution < -0.4 is 10.1 Å². The zero-order valence-electron chi connectivity index (χ0n) is 23.4. The minimum atomic E-state index is -0.616. The molecule has 3 amide bonds. The number of fused-ring (bicyclic) bond motifs is 2. The van der Waals surface area contributed by atoms with E-state index in [1.54, 1.807) is 11.0 Å². The lowest BCUT2D eigenvalue weighted by atomic mass is 10.0. The van der Waals surface area contributed by atoms with Crippen molar-refractivity contribution in [2.45, 2.75) is 63.6 Å². The van der Waals surface area contributed by atoms with Crippen LogP contribution in [0, 0.1) is 0 Å². The number of piperidine rings is 1. The van der Waals surface area contributed by atoms with E-state index in [-0.39, 0.29) is 30.4 Å². The van der Waals surface area contributed by atoms with Gasteiger partial charge >= 0.3 is 0 Å². The summed E-state index contributed by atoms with van der Waals surface area (Å²) in [4.78, 5) is 45.6. The van der Waals surface area contributed by atoms with Gasteiger partial charge in [-0.25, -0.2) is 0 Å². The Morgan fingerprint density at radius 3 is 2.79 bits per heavy atom. The van der Waals surface area contributed by atoms with E-state index in [0.717, 1.165) is 67.0 Å². The number of pyridine rings is 1.